The summed E-state index contributed by atoms with van der Waals surface area (Å²) in [6.45, 7) is 9.66. The summed E-state index contributed by atoms with van der Waals surface area (Å²) in [6, 6.07) is 5.98. The molecule has 1 fully saturated rings. The van der Waals surface area contributed by atoms with Crippen molar-refractivity contribution in [2.45, 2.75) is 34.1 Å². The molecule has 0 spiro atoms. The molecule has 6 nitrogen and oxygen atoms in total. The molecule has 1 aliphatic rings. The monoisotopic (exact) mass is 345 g/mol. The number of hydrogen-bond acceptors (Lipinski definition) is 3. The zero-order valence-corrected chi connectivity index (χ0v) is 15.5. The van der Waals surface area contributed by atoms with Gasteiger partial charge in [-0.2, -0.15) is 0 Å². The Kier molecular flexibility index (Phi) is 6.17. The summed E-state index contributed by atoms with van der Waals surface area (Å²) in [5.41, 5.74) is 2.96. The largest absolute Gasteiger partial charge is 0.339 e. The van der Waals surface area contributed by atoms with Gasteiger partial charge in [0, 0.05) is 58.7 Å². The van der Waals surface area contributed by atoms with Gasteiger partial charge in [-0.25, -0.2) is 0 Å². The Bertz CT molecular complexity index is 664. The first-order chi connectivity index (χ1) is 11.8. The predicted molar refractivity (Wildman–Crippen MR) is 97.4 cm³/mol. The maximum atomic E-state index is 12.5. The molecule has 0 unspecified atom stereocenters. The fraction of sp³-hybridized carbons (Fsp3) is 0.526. The van der Waals surface area contributed by atoms with E-state index in [0.29, 0.717) is 32.7 Å². The standard InChI is InChI=1S/C19H27N3O3/c1-14-5-6-15(2)18(13-14)22(17(4)24)8-7-19(25)21-11-9-20(10-12-21)16(3)23/h5-6,13H,7-12H2,1-4H3. The maximum Gasteiger partial charge on any atom is 0.224 e. The van der Waals surface area contributed by atoms with Crippen LogP contribution in [0, 0.1) is 13.8 Å². The number of amides is 3. The van der Waals surface area contributed by atoms with Crippen molar-refractivity contribution in [2.24, 2.45) is 0 Å². The van der Waals surface area contributed by atoms with Gasteiger partial charge in [-0.15, -0.1) is 0 Å². The van der Waals surface area contributed by atoms with E-state index in [-0.39, 0.29) is 24.1 Å². The van der Waals surface area contributed by atoms with E-state index in [2.05, 4.69) is 0 Å². The normalized spacial score (nSPS) is 14.4. The van der Waals surface area contributed by atoms with Crippen LogP contribution >= 0.6 is 0 Å². The zero-order valence-electron chi connectivity index (χ0n) is 15.5. The molecule has 1 aromatic carbocycles. The molecule has 6 heteroatoms. The third kappa shape index (κ3) is 4.81. The van der Waals surface area contributed by atoms with Crippen molar-refractivity contribution in [3.05, 3.63) is 29.3 Å². The summed E-state index contributed by atoms with van der Waals surface area (Å²) in [4.78, 5) is 41.1. The number of anilines is 1. The molecule has 0 radical (unpaired) electrons. The molecule has 0 atom stereocenters. The summed E-state index contributed by atoms with van der Waals surface area (Å²) in [6.07, 6.45) is 0.285. The van der Waals surface area contributed by atoms with Gasteiger partial charge in [-0.3, -0.25) is 14.4 Å². The Morgan fingerprint density at radius 2 is 1.60 bits per heavy atom. The fourth-order valence-electron chi connectivity index (χ4n) is 3.09. The van der Waals surface area contributed by atoms with E-state index in [0.717, 1.165) is 16.8 Å². The molecule has 3 amide bonds. The lowest BCUT2D eigenvalue weighted by Gasteiger charge is -2.34. The van der Waals surface area contributed by atoms with Crippen LogP contribution in [0.15, 0.2) is 18.2 Å². The molecule has 0 saturated carbocycles. The quantitative estimate of drug-likeness (QED) is 0.835. The Morgan fingerprint density at radius 3 is 2.16 bits per heavy atom. The Labute approximate surface area is 149 Å². The van der Waals surface area contributed by atoms with E-state index < -0.39 is 0 Å². The molecule has 25 heavy (non-hydrogen) atoms. The van der Waals surface area contributed by atoms with Crippen molar-refractivity contribution >= 4 is 23.4 Å². The molecular formula is C19H27N3O3. The second-order valence-electron chi connectivity index (χ2n) is 6.60. The van der Waals surface area contributed by atoms with Crippen LogP contribution in [-0.4, -0.2) is 60.2 Å². The van der Waals surface area contributed by atoms with Crippen molar-refractivity contribution < 1.29 is 14.4 Å². The molecule has 1 saturated heterocycles. The number of piperazine rings is 1. The van der Waals surface area contributed by atoms with Gasteiger partial charge in [-0.05, 0) is 31.0 Å². The topological polar surface area (TPSA) is 60.9 Å². The van der Waals surface area contributed by atoms with Gasteiger partial charge in [0.15, 0.2) is 0 Å². The van der Waals surface area contributed by atoms with Crippen molar-refractivity contribution in [3.63, 3.8) is 0 Å². The molecule has 1 heterocycles. The molecular weight excluding hydrogens is 318 g/mol. The zero-order chi connectivity index (χ0) is 18.6. The highest BCUT2D eigenvalue weighted by atomic mass is 16.2. The Balaban J connectivity index is 1.97. The van der Waals surface area contributed by atoms with Crippen LogP contribution in [0.25, 0.3) is 0 Å². The predicted octanol–water partition coefficient (Wildman–Crippen LogP) is 1.74. The minimum Gasteiger partial charge on any atom is -0.339 e. The maximum absolute atomic E-state index is 12.5. The Morgan fingerprint density at radius 1 is 1.00 bits per heavy atom. The second-order valence-corrected chi connectivity index (χ2v) is 6.60. The van der Waals surface area contributed by atoms with Crippen molar-refractivity contribution in [1.29, 1.82) is 0 Å². The number of aryl methyl sites for hydroxylation is 2. The van der Waals surface area contributed by atoms with Gasteiger partial charge in [0.2, 0.25) is 17.7 Å². The van der Waals surface area contributed by atoms with Crippen molar-refractivity contribution in [2.75, 3.05) is 37.6 Å². The highest BCUT2D eigenvalue weighted by Gasteiger charge is 2.23. The number of hydrogen-bond donors (Lipinski definition) is 0. The molecule has 0 aromatic heterocycles. The lowest BCUT2D eigenvalue weighted by atomic mass is 10.1. The van der Waals surface area contributed by atoms with E-state index in [4.69, 9.17) is 0 Å². The number of carbonyl (C=O) groups is 3. The van der Waals surface area contributed by atoms with E-state index in [1.165, 1.54) is 6.92 Å². The highest BCUT2D eigenvalue weighted by molar-refractivity contribution is 5.93. The summed E-state index contributed by atoms with van der Waals surface area (Å²) >= 11 is 0. The minimum atomic E-state index is -0.0668. The molecule has 0 bridgehead atoms. The van der Waals surface area contributed by atoms with E-state index >= 15 is 0 Å². The van der Waals surface area contributed by atoms with Gasteiger partial charge in [-0.1, -0.05) is 12.1 Å². The summed E-state index contributed by atoms with van der Waals surface area (Å²) in [7, 11) is 0. The smallest absolute Gasteiger partial charge is 0.224 e. The first kappa shape index (κ1) is 19.0. The van der Waals surface area contributed by atoms with Gasteiger partial charge in [0.25, 0.3) is 0 Å². The van der Waals surface area contributed by atoms with Crippen LogP contribution < -0.4 is 4.90 Å². The van der Waals surface area contributed by atoms with Crippen molar-refractivity contribution in [1.82, 2.24) is 9.80 Å². The lowest BCUT2D eigenvalue weighted by molar-refractivity contribution is -0.138. The highest BCUT2D eigenvalue weighted by Crippen LogP contribution is 2.22. The van der Waals surface area contributed by atoms with Crippen LogP contribution in [0.3, 0.4) is 0 Å². The number of benzene rings is 1. The first-order valence-corrected chi connectivity index (χ1v) is 8.68. The van der Waals surface area contributed by atoms with Gasteiger partial charge in [0.05, 0.1) is 0 Å². The van der Waals surface area contributed by atoms with Crippen LogP contribution in [-0.2, 0) is 14.4 Å². The number of rotatable bonds is 4. The van der Waals surface area contributed by atoms with E-state index in [9.17, 15) is 14.4 Å². The molecule has 1 aromatic rings. The van der Waals surface area contributed by atoms with Gasteiger partial charge < -0.3 is 14.7 Å². The molecule has 136 valence electrons. The number of carbonyl (C=O) groups excluding carboxylic acids is 3. The van der Waals surface area contributed by atoms with E-state index in [1.54, 1.807) is 21.6 Å². The minimum absolute atomic E-state index is 0.0276. The SMILES string of the molecule is CC(=O)N1CCN(C(=O)CCN(C(C)=O)c2cc(C)ccc2C)CC1. The average molecular weight is 345 g/mol. The lowest BCUT2D eigenvalue weighted by Crippen LogP contribution is -2.50. The average Bonchev–Trinajstić information content (AvgIpc) is 2.57. The van der Waals surface area contributed by atoms with Crippen LogP contribution in [0.2, 0.25) is 0 Å². The summed E-state index contributed by atoms with van der Waals surface area (Å²) in [5.74, 6) is 0.00688. The third-order valence-electron chi connectivity index (χ3n) is 4.66. The molecule has 0 aliphatic carbocycles. The second kappa shape index (κ2) is 8.14. The van der Waals surface area contributed by atoms with Crippen LogP contribution in [0.5, 0.6) is 0 Å². The number of nitrogens with zero attached hydrogens (tertiary/aromatic N) is 3. The van der Waals surface area contributed by atoms with Gasteiger partial charge in [0.1, 0.15) is 0 Å². The van der Waals surface area contributed by atoms with Gasteiger partial charge >= 0.3 is 0 Å². The summed E-state index contributed by atoms with van der Waals surface area (Å²) < 4.78 is 0. The van der Waals surface area contributed by atoms with Crippen LogP contribution in [0.4, 0.5) is 5.69 Å². The first-order valence-electron chi connectivity index (χ1n) is 8.68. The van der Waals surface area contributed by atoms with Crippen molar-refractivity contribution in [3.8, 4) is 0 Å². The third-order valence-corrected chi connectivity index (χ3v) is 4.66. The fourth-order valence-corrected chi connectivity index (χ4v) is 3.09. The molecule has 1 aliphatic heterocycles. The molecule has 2 rings (SSSR count). The molecule has 0 N–H and O–H groups in total. The van der Waals surface area contributed by atoms with E-state index in [1.807, 2.05) is 32.0 Å². The Hall–Kier alpha value is -2.37. The van der Waals surface area contributed by atoms with Crippen LogP contribution in [0.1, 0.15) is 31.4 Å². The summed E-state index contributed by atoms with van der Waals surface area (Å²) in [5, 5.41) is 0.